The number of hydrogen-bond acceptors (Lipinski definition) is 4. The van der Waals surface area contributed by atoms with Crippen LogP contribution in [0.15, 0.2) is 18.2 Å². The fourth-order valence-corrected chi connectivity index (χ4v) is 1.46. The number of carbonyl (C=O) groups excluding carboxylic acids is 1. The number of carbonyl (C=O) groups is 1. The Morgan fingerprint density at radius 1 is 1.47 bits per heavy atom. The topological polar surface area (TPSA) is 59.3 Å². The first kappa shape index (κ1) is 13.0. The summed E-state index contributed by atoms with van der Waals surface area (Å²) in [5.74, 6) is 0.324. The van der Waals surface area contributed by atoms with Gasteiger partial charge in [0.25, 0.3) is 0 Å². The second-order valence-electron chi connectivity index (χ2n) is 3.45. The van der Waals surface area contributed by atoms with E-state index in [9.17, 15) is 4.79 Å². The van der Waals surface area contributed by atoms with Crippen molar-refractivity contribution >= 4 is 5.97 Å². The van der Waals surface area contributed by atoms with Gasteiger partial charge in [-0.25, -0.2) is 0 Å². The lowest BCUT2D eigenvalue weighted by molar-refractivity contribution is -0.143. The number of nitrogens with zero attached hydrogens (tertiary/aromatic N) is 1. The van der Waals surface area contributed by atoms with E-state index in [1.165, 1.54) is 7.11 Å². The molecule has 0 spiro atoms. The maximum Gasteiger partial charge on any atom is 0.306 e. The van der Waals surface area contributed by atoms with Crippen LogP contribution < -0.4 is 4.74 Å². The predicted octanol–water partition coefficient (Wildman–Crippen LogP) is 2.06. The molecule has 90 valence electrons. The molecule has 0 radical (unpaired) electrons. The third kappa shape index (κ3) is 3.80. The van der Waals surface area contributed by atoms with Gasteiger partial charge in [-0.05, 0) is 31.0 Å². The van der Waals surface area contributed by atoms with Crippen molar-refractivity contribution in [1.29, 1.82) is 5.26 Å². The zero-order valence-corrected chi connectivity index (χ0v) is 10.0. The minimum absolute atomic E-state index is 0.212. The summed E-state index contributed by atoms with van der Waals surface area (Å²) in [5.41, 5.74) is 1.45. The van der Waals surface area contributed by atoms with Gasteiger partial charge in [-0.15, -0.1) is 0 Å². The van der Waals surface area contributed by atoms with Crippen LogP contribution in [0.2, 0.25) is 0 Å². The Bertz CT molecular complexity index is 435. The van der Waals surface area contributed by atoms with Crippen molar-refractivity contribution in [3.05, 3.63) is 29.3 Å². The van der Waals surface area contributed by atoms with Crippen molar-refractivity contribution in [2.75, 3.05) is 13.7 Å². The van der Waals surface area contributed by atoms with Crippen LogP contribution in [0.1, 0.15) is 24.5 Å². The lowest BCUT2D eigenvalue weighted by atomic mass is 10.1. The second kappa shape index (κ2) is 6.54. The van der Waals surface area contributed by atoms with Crippen molar-refractivity contribution in [1.82, 2.24) is 0 Å². The number of ether oxygens (including phenoxy) is 2. The van der Waals surface area contributed by atoms with E-state index in [4.69, 9.17) is 14.7 Å². The molecule has 4 heteroatoms. The maximum atomic E-state index is 11.2. The molecule has 0 aliphatic carbocycles. The summed E-state index contributed by atoms with van der Waals surface area (Å²) < 4.78 is 9.94. The third-order valence-electron chi connectivity index (χ3n) is 2.31. The molecule has 0 N–H and O–H groups in total. The molecule has 0 aromatic heterocycles. The van der Waals surface area contributed by atoms with Crippen molar-refractivity contribution in [3.63, 3.8) is 0 Å². The summed E-state index contributed by atoms with van der Waals surface area (Å²) in [7, 11) is 1.52. The summed E-state index contributed by atoms with van der Waals surface area (Å²) in [4.78, 5) is 11.2. The minimum atomic E-state index is -0.212. The highest BCUT2D eigenvalue weighted by atomic mass is 16.5. The number of benzene rings is 1. The first-order valence-electron chi connectivity index (χ1n) is 5.44. The minimum Gasteiger partial charge on any atom is -0.495 e. The van der Waals surface area contributed by atoms with Crippen LogP contribution in [-0.2, 0) is 16.0 Å². The molecule has 0 saturated carbocycles. The quantitative estimate of drug-likeness (QED) is 0.730. The molecule has 1 aromatic carbocycles. The summed E-state index contributed by atoms with van der Waals surface area (Å²) in [5, 5.41) is 8.82. The molecule has 0 aliphatic rings. The van der Waals surface area contributed by atoms with E-state index in [1.807, 2.05) is 12.1 Å². The molecule has 0 unspecified atom stereocenters. The Hall–Kier alpha value is -2.02. The summed E-state index contributed by atoms with van der Waals surface area (Å²) in [6, 6.07) is 7.33. The molecule has 0 bridgehead atoms. The highest BCUT2D eigenvalue weighted by molar-refractivity contribution is 5.69. The molecule has 0 aliphatic heterocycles. The molecule has 4 nitrogen and oxygen atoms in total. The Kier molecular flexibility index (Phi) is 5.02. The first-order chi connectivity index (χ1) is 8.21. The number of rotatable bonds is 5. The van der Waals surface area contributed by atoms with Gasteiger partial charge in [0.1, 0.15) is 11.8 Å². The van der Waals surface area contributed by atoms with Crippen LogP contribution in [0.3, 0.4) is 0 Å². The number of nitriles is 1. The normalized spacial score (nSPS) is 9.47. The van der Waals surface area contributed by atoms with Gasteiger partial charge < -0.3 is 9.47 Å². The third-order valence-corrected chi connectivity index (χ3v) is 2.31. The molecule has 1 aromatic rings. The zero-order chi connectivity index (χ0) is 12.7. The van der Waals surface area contributed by atoms with Crippen LogP contribution in [0.25, 0.3) is 0 Å². The number of esters is 1. The summed E-state index contributed by atoms with van der Waals surface area (Å²) in [6.45, 7) is 2.18. The molecule has 0 fully saturated rings. The highest BCUT2D eigenvalue weighted by Crippen LogP contribution is 2.20. The van der Waals surface area contributed by atoms with Crippen LogP contribution in [0.4, 0.5) is 0 Å². The Labute approximate surface area is 101 Å². The standard InChI is InChI=1S/C13H15NO3/c1-3-17-13(15)7-5-10-4-6-11(9-14)12(8-10)16-2/h4,6,8H,3,5,7H2,1-2H3. The van der Waals surface area contributed by atoms with Crippen LogP contribution in [0.5, 0.6) is 5.75 Å². The highest BCUT2D eigenvalue weighted by Gasteiger charge is 2.06. The number of methoxy groups -OCH3 is 1. The fraction of sp³-hybridized carbons (Fsp3) is 0.385. The summed E-state index contributed by atoms with van der Waals surface area (Å²) in [6.07, 6.45) is 0.920. The zero-order valence-electron chi connectivity index (χ0n) is 10.0. The van der Waals surface area contributed by atoms with Crippen LogP contribution >= 0.6 is 0 Å². The van der Waals surface area contributed by atoms with Gasteiger partial charge in [0.2, 0.25) is 0 Å². The lowest BCUT2D eigenvalue weighted by Crippen LogP contribution is -2.05. The summed E-state index contributed by atoms with van der Waals surface area (Å²) >= 11 is 0. The van der Waals surface area contributed by atoms with Crippen molar-refractivity contribution < 1.29 is 14.3 Å². The first-order valence-corrected chi connectivity index (χ1v) is 5.44. The van der Waals surface area contributed by atoms with Gasteiger partial charge in [-0.2, -0.15) is 5.26 Å². The molecular weight excluding hydrogens is 218 g/mol. The largest absolute Gasteiger partial charge is 0.495 e. The second-order valence-corrected chi connectivity index (χ2v) is 3.45. The predicted molar refractivity (Wildman–Crippen MR) is 62.7 cm³/mol. The molecule has 0 saturated heterocycles. The lowest BCUT2D eigenvalue weighted by Gasteiger charge is -2.06. The van der Waals surface area contributed by atoms with E-state index in [2.05, 4.69) is 0 Å². The van der Waals surface area contributed by atoms with Gasteiger partial charge in [-0.1, -0.05) is 6.07 Å². The molecule has 0 atom stereocenters. The van der Waals surface area contributed by atoms with Crippen molar-refractivity contribution in [2.24, 2.45) is 0 Å². The van der Waals surface area contributed by atoms with Gasteiger partial charge in [-0.3, -0.25) is 4.79 Å². The molecule has 17 heavy (non-hydrogen) atoms. The Balaban J connectivity index is 2.67. The van der Waals surface area contributed by atoms with Crippen LogP contribution in [0, 0.1) is 11.3 Å². The van der Waals surface area contributed by atoms with E-state index < -0.39 is 0 Å². The average molecular weight is 233 g/mol. The number of hydrogen-bond donors (Lipinski definition) is 0. The van der Waals surface area contributed by atoms with Gasteiger partial charge in [0.05, 0.1) is 19.3 Å². The van der Waals surface area contributed by atoms with Crippen molar-refractivity contribution in [2.45, 2.75) is 19.8 Å². The fourth-order valence-electron chi connectivity index (χ4n) is 1.46. The van der Waals surface area contributed by atoms with Crippen LogP contribution in [-0.4, -0.2) is 19.7 Å². The molecule has 1 rings (SSSR count). The van der Waals surface area contributed by atoms with Gasteiger partial charge in [0, 0.05) is 6.42 Å². The smallest absolute Gasteiger partial charge is 0.306 e. The van der Waals surface area contributed by atoms with E-state index in [1.54, 1.807) is 19.1 Å². The Morgan fingerprint density at radius 3 is 2.82 bits per heavy atom. The van der Waals surface area contributed by atoms with Gasteiger partial charge >= 0.3 is 5.97 Å². The van der Waals surface area contributed by atoms with E-state index in [0.717, 1.165) is 5.56 Å². The SMILES string of the molecule is CCOC(=O)CCc1ccc(C#N)c(OC)c1. The number of aryl methyl sites for hydroxylation is 1. The monoisotopic (exact) mass is 233 g/mol. The molecular formula is C13H15NO3. The van der Waals surface area contributed by atoms with E-state index >= 15 is 0 Å². The Morgan fingerprint density at radius 2 is 2.24 bits per heavy atom. The van der Waals surface area contributed by atoms with E-state index in [-0.39, 0.29) is 5.97 Å². The maximum absolute atomic E-state index is 11.2. The molecule has 0 amide bonds. The average Bonchev–Trinajstić information content (AvgIpc) is 2.36. The molecule has 0 heterocycles. The van der Waals surface area contributed by atoms with Gasteiger partial charge in [0.15, 0.2) is 0 Å². The van der Waals surface area contributed by atoms with Crippen molar-refractivity contribution in [3.8, 4) is 11.8 Å². The van der Waals surface area contributed by atoms with E-state index in [0.29, 0.717) is 30.8 Å².